The standard InChI is InChI=1S/C24H28N4O5S/c1-13-19(30)16(15(12-29)9-25-13)10-26-18(14-7-5-4-6-8-14)21(31)27-17-11-28-20(23(32)33)24(2,3)34-22(17)28/h4-10,17-18,20,22,29-30H,11-12H2,1-3H3,(H,27,31)(H,32,33)/t17-,18?,20+,22-/m1/s1. The number of benzene rings is 1. The van der Waals surface area contributed by atoms with E-state index in [1.807, 2.05) is 36.9 Å². The van der Waals surface area contributed by atoms with Crippen LogP contribution in [0.1, 0.15) is 42.3 Å². The first kappa shape index (κ1) is 24.2. The zero-order valence-corrected chi connectivity index (χ0v) is 20.0. The first-order valence-electron chi connectivity index (χ1n) is 11.0. The zero-order chi connectivity index (χ0) is 24.6. The van der Waals surface area contributed by atoms with Crippen molar-refractivity contribution in [1.29, 1.82) is 0 Å². The maximum absolute atomic E-state index is 13.3. The number of carbonyl (C=O) groups is 2. The highest BCUT2D eigenvalue weighted by Crippen LogP contribution is 2.50. The molecule has 0 spiro atoms. The Hall–Kier alpha value is -2.95. The highest BCUT2D eigenvalue weighted by Gasteiger charge is 2.59. The van der Waals surface area contributed by atoms with Crippen LogP contribution in [0.25, 0.3) is 0 Å². The smallest absolute Gasteiger partial charge is 0.322 e. The summed E-state index contributed by atoms with van der Waals surface area (Å²) in [6.45, 7) is 5.58. The number of hydrogen-bond donors (Lipinski definition) is 4. The number of pyridine rings is 1. The number of aliphatic carboxylic acids is 1. The molecule has 0 radical (unpaired) electrons. The first-order valence-corrected chi connectivity index (χ1v) is 11.8. The fourth-order valence-electron chi connectivity index (χ4n) is 4.52. The van der Waals surface area contributed by atoms with Gasteiger partial charge in [0.05, 0.1) is 23.7 Å². The van der Waals surface area contributed by atoms with Crippen LogP contribution in [0.5, 0.6) is 5.75 Å². The topological polar surface area (TPSA) is 135 Å². The highest BCUT2D eigenvalue weighted by molar-refractivity contribution is 8.01. The maximum atomic E-state index is 13.3. The van der Waals surface area contributed by atoms with E-state index in [-0.39, 0.29) is 29.7 Å². The van der Waals surface area contributed by atoms with Crippen LogP contribution in [0.15, 0.2) is 41.5 Å². The molecule has 4 N–H and O–H groups in total. The highest BCUT2D eigenvalue weighted by atomic mass is 32.2. The number of aromatic nitrogens is 1. The summed E-state index contributed by atoms with van der Waals surface area (Å²) in [6, 6.07) is 7.38. The van der Waals surface area contributed by atoms with Crippen molar-refractivity contribution >= 4 is 29.9 Å². The second-order valence-corrected chi connectivity index (χ2v) is 10.8. The molecule has 2 aliphatic heterocycles. The minimum absolute atomic E-state index is 0.0959. The number of aliphatic hydroxyl groups is 1. The average Bonchev–Trinajstić information content (AvgIpc) is 3.01. The molecule has 34 heavy (non-hydrogen) atoms. The monoisotopic (exact) mass is 484 g/mol. The Morgan fingerprint density at radius 2 is 2.06 bits per heavy atom. The SMILES string of the molecule is Cc1ncc(CO)c(C=NC(C(=O)N[C@@H]2CN3[C@@H]2SC(C)(C)[C@@H]3C(=O)O)c2ccccc2)c1O. The zero-order valence-electron chi connectivity index (χ0n) is 19.2. The molecule has 1 aromatic carbocycles. The average molecular weight is 485 g/mol. The normalized spacial score (nSPS) is 24.4. The van der Waals surface area contributed by atoms with Crippen LogP contribution in [-0.4, -0.2) is 72.0 Å². The molecule has 2 fully saturated rings. The lowest BCUT2D eigenvalue weighted by molar-refractivity contribution is -0.146. The lowest BCUT2D eigenvalue weighted by atomic mass is 9.96. The van der Waals surface area contributed by atoms with E-state index in [0.717, 1.165) is 0 Å². The molecule has 1 aromatic heterocycles. The largest absolute Gasteiger partial charge is 0.505 e. The van der Waals surface area contributed by atoms with Crippen molar-refractivity contribution in [2.75, 3.05) is 6.54 Å². The molecule has 0 saturated carbocycles. The lowest BCUT2D eigenvalue weighted by Crippen LogP contribution is -2.67. The van der Waals surface area contributed by atoms with Gasteiger partial charge in [0.2, 0.25) is 5.91 Å². The third-order valence-electron chi connectivity index (χ3n) is 6.30. The predicted octanol–water partition coefficient (Wildman–Crippen LogP) is 1.85. The van der Waals surface area contributed by atoms with Crippen LogP contribution in [-0.2, 0) is 16.2 Å². The van der Waals surface area contributed by atoms with Crippen molar-refractivity contribution in [1.82, 2.24) is 15.2 Å². The van der Waals surface area contributed by atoms with Gasteiger partial charge in [0.25, 0.3) is 0 Å². The summed E-state index contributed by atoms with van der Waals surface area (Å²) in [7, 11) is 0. The van der Waals surface area contributed by atoms with Crippen molar-refractivity contribution in [3.05, 3.63) is 58.9 Å². The van der Waals surface area contributed by atoms with Gasteiger partial charge >= 0.3 is 5.97 Å². The molecule has 1 amide bonds. The summed E-state index contributed by atoms with van der Waals surface area (Å²) >= 11 is 1.55. The van der Waals surface area contributed by atoms with Gasteiger partial charge in [0.1, 0.15) is 11.8 Å². The summed E-state index contributed by atoms with van der Waals surface area (Å²) in [6.07, 6.45) is 2.86. The van der Waals surface area contributed by atoms with Crippen LogP contribution in [0.4, 0.5) is 0 Å². The van der Waals surface area contributed by atoms with Gasteiger partial charge in [-0.1, -0.05) is 30.3 Å². The number of fused-ring (bicyclic) bond motifs is 1. The number of aliphatic imine (C=N–C) groups is 1. The van der Waals surface area contributed by atoms with Crippen LogP contribution in [0.3, 0.4) is 0 Å². The van der Waals surface area contributed by atoms with E-state index in [4.69, 9.17) is 0 Å². The van der Waals surface area contributed by atoms with E-state index in [1.165, 1.54) is 12.4 Å². The summed E-state index contributed by atoms with van der Waals surface area (Å²) in [5.41, 5.74) is 1.78. The van der Waals surface area contributed by atoms with Crippen molar-refractivity contribution in [3.8, 4) is 5.75 Å². The molecule has 2 aromatic rings. The second kappa shape index (κ2) is 9.36. The third-order valence-corrected chi connectivity index (χ3v) is 7.97. The van der Waals surface area contributed by atoms with Gasteiger partial charge in [-0.15, -0.1) is 11.8 Å². The number of carboxylic acids is 1. The molecule has 4 rings (SSSR count). The third kappa shape index (κ3) is 4.40. The van der Waals surface area contributed by atoms with Crippen molar-refractivity contribution < 1.29 is 24.9 Å². The number of aromatic hydroxyl groups is 1. The van der Waals surface area contributed by atoms with Gasteiger partial charge in [-0.2, -0.15) is 0 Å². The second-order valence-electron chi connectivity index (χ2n) is 9.05. The van der Waals surface area contributed by atoms with Gasteiger partial charge in [0, 0.05) is 34.8 Å². The number of rotatable bonds is 7. The number of amides is 1. The molecule has 2 aliphatic rings. The molecule has 10 heteroatoms. The van der Waals surface area contributed by atoms with Crippen LogP contribution < -0.4 is 5.32 Å². The minimum atomic E-state index is -0.885. The van der Waals surface area contributed by atoms with Gasteiger partial charge in [-0.25, -0.2) is 0 Å². The van der Waals surface area contributed by atoms with Gasteiger partial charge in [0.15, 0.2) is 6.04 Å². The molecular weight excluding hydrogens is 456 g/mol. The molecule has 1 unspecified atom stereocenters. The van der Waals surface area contributed by atoms with Crippen LogP contribution in [0.2, 0.25) is 0 Å². The Balaban J connectivity index is 1.57. The molecule has 0 aliphatic carbocycles. The number of thioether (sulfide) groups is 1. The van der Waals surface area contributed by atoms with E-state index < -0.39 is 22.8 Å². The lowest BCUT2D eigenvalue weighted by Gasteiger charge is -2.44. The number of hydrogen-bond acceptors (Lipinski definition) is 8. The summed E-state index contributed by atoms with van der Waals surface area (Å²) in [5.74, 6) is -1.27. The molecular formula is C24H28N4O5S. The molecule has 4 atom stereocenters. The summed E-state index contributed by atoms with van der Waals surface area (Å²) < 4.78 is -0.468. The number of aryl methyl sites for hydroxylation is 1. The van der Waals surface area contributed by atoms with E-state index in [2.05, 4.69) is 15.3 Å². The van der Waals surface area contributed by atoms with E-state index in [1.54, 1.807) is 30.8 Å². The molecule has 3 heterocycles. The minimum Gasteiger partial charge on any atom is -0.505 e. The Morgan fingerprint density at radius 3 is 2.71 bits per heavy atom. The Morgan fingerprint density at radius 1 is 1.35 bits per heavy atom. The predicted molar refractivity (Wildman–Crippen MR) is 129 cm³/mol. The van der Waals surface area contributed by atoms with Crippen molar-refractivity contribution in [2.45, 2.75) is 55.6 Å². The van der Waals surface area contributed by atoms with Crippen LogP contribution >= 0.6 is 11.8 Å². The number of carboxylic acid groups (broad SMARTS) is 1. The van der Waals surface area contributed by atoms with Crippen LogP contribution in [0, 0.1) is 6.92 Å². The van der Waals surface area contributed by atoms with E-state index in [0.29, 0.717) is 28.9 Å². The number of aliphatic hydroxyl groups excluding tert-OH is 1. The molecule has 180 valence electrons. The molecule has 9 nitrogen and oxygen atoms in total. The Kier molecular flexibility index (Phi) is 6.66. The fourth-order valence-corrected chi connectivity index (χ4v) is 6.17. The van der Waals surface area contributed by atoms with Gasteiger partial charge in [-0.05, 0) is 26.3 Å². The molecule has 0 bridgehead atoms. The number of nitrogens with one attached hydrogen (secondary N) is 1. The molecule has 2 saturated heterocycles. The fraction of sp³-hybridized carbons (Fsp3) is 0.417. The van der Waals surface area contributed by atoms with Gasteiger partial charge in [-0.3, -0.25) is 24.5 Å². The first-order chi connectivity index (χ1) is 16.1. The Bertz CT molecular complexity index is 1120. The Labute approximate surface area is 201 Å². The number of nitrogens with zero attached hydrogens (tertiary/aromatic N) is 3. The maximum Gasteiger partial charge on any atom is 0.322 e. The van der Waals surface area contributed by atoms with Gasteiger partial charge < -0.3 is 20.6 Å². The van der Waals surface area contributed by atoms with E-state index >= 15 is 0 Å². The number of carbonyl (C=O) groups excluding carboxylic acids is 1. The summed E-state index contributed by atoms with van der Waals surface area (Å²) in [5, 5.41) is 32.6. The van der Waals surface area contributed by atoms with Crippen molar-refractivity contribution in [3.63, 3.8) is 0 Å². The van der Waals surface area contributed by atoms with Crippen molar-refractivity contribution in [2.24, 2.45) is 4.99 Å². The quantitative estimate of drug-likeness (QED) is 0.437. The van der Waals surface area contributed by atoms with E-state index in [9.17, 15) is 24.9 Å². The summed E-state index contributed by atoms with van der Waals surface area (Å²) in [4.78, 5) is 35.5.